The largest absolute Gasteiger partial charge is 0.493 e. The first-order valence-electron chi connectivity index (χ1n) is 5.27. The van der Waals surface area contributed by atoms with E-state index >= 15 is 0 Å². The third-order valence-electron chi connectivity index (χ3n) is 2.62. The molecule has 1 aromatic heterocycles. The second-order valence-electron chi connectivity index (χ2n) is 3.61. The van der Waals surface area contributed by atoms with Crippen LogP contribution in [-0.2, 0) is 0 Å². The number of halogens is 1. The SMILES string of the molecule is COc1ccc([C@H](N)c2cccs2)cc1OC.Cl. The molecule has 0 radical (unpaired) electrons. The molecule has 0 amide bonds. The third kappa shape index (κ3) is 2.96. The first kappa shape index (κ1) is 14.8. The van der Waals surface area contributed by atoms with Gasteiger partial charge in [-0.05, 0) is 29.1 Å². The highest BCUT2D eigenvalue weighted by Crippen LogP contribution is 2.32. The van der Waals surface area contributed by atoms with Crippen molar-refractivity contribution in [3.63, 3.8) is 0 Å². The van der Waals surface area contributed by atoms with Gasteiger partial charge in [-0.3, -0.25) is 0 Å². The molecule has 0 aliphatic carbocycles. The standard InChI is InChI=1S/C13H15NO2S.ClH/c1-15-10-6-5-9(8-11(10)16-2)13(14)12-4-3-7-17-12;/h3-8,13H,14H2,1-2H3;1H/t13-;/m0./s1. The molecule has 0 fully saturated rings. The van der Waals surface area contributed by atoms with Gasteiger partial charge in [0.1, 0.15) is 0 Å². The molecule has 98 valence electrons. The maximum absolute atomic E-state index is 6.19. The van der Waals surface area contributed by atoms with Crippen LogP contribution < -0.4 is 15.2 Å². The lowest BCUT2D eigenvalue weighted by atomic mass is 10.1. The van der Waals surface area contributed by atoms with E-state index in [4.69, 9.17) is 15.2 Å². The molecule has 0 aliphatic heterocycles. The van der Waals surface area contributed by atoms with Crippen LogP contribution >= 0.6 is 23.7 Å². The van der Waals surface area contributed by atoms with Crippen molar-refractivity contribution in [2.75, 3.05) is 14.2 Å². The molecule has 3 nitrogen and oxygen atoms in total. The molecule has 0 unspecified atom stereocenters. The van der Waals surface area contributed by atoms with E-state index in [1.165, 1.54) is 0 Å². The fraction of sp³-hybridized carbons (Fsp3) is 0.231. The van der Waals surface area contributed by atoms with Gasteiger partial charge in [0.05, 0.1) is 20.3 Å². The summed E-state index contributed by atoms with van der Waals surface area (Å²) in [6.07, 6.45) is 0. The van der Waals surface area contributed by atoms with E-state index in [2.05, 4.69) is 0 Å². The van der Waals surface area contributed by atoms with Crippen LogP contribution in [0.15, 0.2) is 35.7 Å². The Morgan fingerprint density at radius 1 is 1.11 bits per heavy atom. The first-order chi connectivity index (χ1) is 8.26. The zero-order valence-electron chi connectivity index (χ0n) is 10.3. The van der Waals surface area contributed by atoms with Crippen molar-refractivity contribution in [3.8, 4) is 11.5 Å². The minimum Gasteiger partial charge on any atom is -0.493 e. The van der Waals surface area contributed by atoms with Crippen molar-refractivity contribution in [1.29, 1.82) is 0 Å². The summed E-state index contributed by atoms with van der Waals surface area (Å²) in [6, 6.07) is 9.68. The normalized spacial score (nSPS) is 11.5. The smallest absolute Gasteiger partial charge is 0.161 e. The fourth-order valence-electron chi connectivity index (χ4n) is 1.68. The summed E-state index contributed by atoms with van der Waals surface area (Å²) in [5, 5.41) is 2.02. The molecule has 0 aliphatic rings. The maximum atomic E-state index is 6.19. The van der Waals surface area contributed by atoms with Gasteiger partial charge in [0.2, 0.25) is 0 Å². The van der Waals surface area contributed by atoms with E-state index in [0.717, 1.165) is 16.2 Å². The van der Waals surface area contributed by atoms with Crippen LogP contribution in [0.2, 0.25) is 0 Å². The van der Waals surface area contributed by atoms with Gasteiger partial charge in [0.15, 0.2) is 11.5 Å². The number of hydrogen-bond donors (Lipinski definition) is 1. The predicted molar refractivity (Wildman–Crippen MR) is 77.1 cm³/mol. The van der Waals surface area contributed by atoms with Crippen LogP contribution in [0.5, 0.6) is 11.5 Å². The number of hydrogen-bond acceptors (Lipinski definition) is 4. The van der Waals surface area contributed by atoms with Crippen molar-refractivity contribution in [3.05, 3.63) is 46.2 Å². The van der Waals surface area contributed by atoms with E-state index in [9.17, 15) is 0 Å². The van der Waals surface area contributed by atoms with Crippen LogP contribution in [0.25, 0.3) is 0 Å². The molecule has 18 heavy (non-hydrogen) atoms. The van der Waals surface area contributed by atoms with E-state index in [1.807, 2.05) is 35.7 Å². The van der Waals surface area contributed by atoms with E-state index in [0.29, 0.717) is 5.75 Å². The Morgan fingerprint density at radius 3 is 2.39 bits per heavy atom. The van der Waals surface area contributed by atoms with Crippen molar-refractivity contribution in [1.82, 2.24) is 0 Å². The highest BCUT2D eigenvalue weighted by atomic mass is 35.5. The Balaban J connectivity index is 0.00000162. The van der Waals surface area contributed by atoms with Gasteiger partial charge in [-0.25, -0.2) is 0 Å². The van der Waals surface area contributed by atoms with Crippen LogP contribution in [0.1, 0.15) is 16.5 Å². The second-order valence-corrected chi connectivity index (χ2v) is 4.59. The number of methoxy groups -OCH3 is 2. The summed E-state index contributed by atoms with van der Waals surface area (Å²) in [4.78, 5) is 1.14. The lowest BCUT2D eigenvalue weighted by Gasteiger charge is -2.13. The van der Waals surface area contributed by atoms with E-state index in [1.54, 1.807) is 25.6 Å². The molecule has 1 atom stereocenters. The molecule has 0 saturated carbocycles. The van der Waals surface area contributed by atoms with Crippen molar-refractivity contribution < 1.29 is 9.47 Å². The average Bonchev–Trinajstić information content (AvgIpc) is 2.90. The zero-order chi connectivity index (χ0) is 12.3. The molecule has 1 heterocycles. The quantitative estimate of drug-likeness (QED) is 0.938. The topological polar surface area (TPSA) is 44.5 Å². The van der Waals surface area contributed by atoms with E-state index in [-0.39, 0.29) is 18.4 Å². The van der Waals surface area contributed by atoms with Crippen molar-refractivity contribution >= 4 is 23.7 Å². The second kappa shape index (κ2) is 6.64. The van der Waals surface area contributed by atoms with Crippen LogP contribution in [-0.4, -0.2) is 14.2 Å². The highest BCUT2D eigenvalue weighted by molar-refractivity contribution is 7.10. The van der Waals surface area contributed by atoms with Crippen LogP contribution in [0, 0.1) is 0 Å². The monoisotopic (exact) mass is 285 g/mol. The van der Waals surface area contributed by atoms with Gasteiger partial charge in [-0.1, -0.05) is 12.1 Å². The third-order valence-corrected chi connectivity index (χ3v) is 3.57. The molecule has 0 spiro atoms. The Kier molecular flexibility index (Phi) is 5.47. The summed E-state index contributed by atoms with van der Waals surface area (Å²) in [5.74, 6) is 1.42. The Hall–Kier alpha value is -1.23. The lowest BCUT2D eigenvalue weighted by molar-refractivity contribution is 0.354. The number of thiophene rings is 1. The van der Waals surface area contributed by atoms with Crippen molar-refractivity contribution in [2.45, 2.75) is 6.04 Å². The summed E-state index contributed by atoms with van der Waals surface area (Å²) in [7, 11) is 3.25. The van der Waals surface area contributed by atoms with Gasteiger partial charge in [-0.2, -0.15) is 0 Å². The minimum atomic E-state index is -0.116. The summed E-state index contributed by atoms with van der Waals surface area (Å²) < 4.78 is 10.5. The fourth-order valence-corrected chi connectivity index (χ4v) is 2.43. The van der Waals surface area contributed by atoms with Gasteiger partial charge >= 0.3 is 0 Å². The molecule has 2 rings (SSSR count). The summed E-state index contributed by atoms with van der Waals surface area (Å²) >= 11 is 1.65. The Morgan fingerprint density at radius 2 is 1.83 bits per heavy atom. The Bertz CT molecular complexity index is 488. The predicted octanol–water partition coefficient (Wildman–Crippen LogP) is 3.24. The molecular formula is C13H16ClNO2S. The first-order valence-corrected chi connectivity index (χ1v) is 6.15. The molecule has 1 aromatic carbocycles. The zero-order valence-corrected chi connectivity index (χ0v) is 11.9. The minimum absolute atomic E-state index is 0. The maximum Gasteiger partial charge on any atom is 0.161 e. The number of ether oxygens (including phenoxy) is 2. The molecular weight excluding hydrogens is 270 g/mol. The summed E-state index contributed by atoms with van der Waals surface area (Å²) in [5.41, 5.74) is 7.21. The van der Waals surface area contributed by atoms with Crippen molar-refractivity contribution in [2.24, 2.45) is 5.73 Å². The highest BCUT2D eigenvalue weighted by Gasteiger charge is 2.12. The van der Waals surface area contributed by atoms with Gasteiger partial charge in [0, 0.05) is 4.88 Å². The number of nitrogens with two attached hydrogens (primary N) is 1. The molecule has 5 heteroatoms. The molecule has 2 N–H and O–H groups in total. The Labute approximate surface area is 117 Å². The molecule has 0 bridgehead atoms. The molecule has 2 aromatic rings. The lowest BCUT2D eigenvalue weighted by Crippen LogP contribution is -2.10. The van der Waals surface area contributed by atoms with Gasteiger partial charge in [0.25, 0.3) is 0 Å². The van der Waals surface area contributed by atoms with Crippen LogP contribution in [0.3, 0.4) is 0 Å². The average molecular weight is 286 g/mol. The van der Waals surface area contributed by atoms with Crippen LogP contribution in [0.4, 0.5) is 0 Å². The number of rotatable bonds is 4. The summed E-state index contributed by atoms with van der Waals surface area (Å²) in [6.45, 7) is 0. The number of benzene rings is 1. The van der Waals surface area contributed by atoms with E-state index < -0.39 is 0 Å². The van der Waals surface area contributed by atoms with Gasteiger partial charge in [-0.15, -0.1) is 23.7 Å². The molecule has 0 saturated heterocycles. The van der Waals surface area contributed by atoms with Gasteiger partial charge < -0.3 is 15.2 Å².